The van der Waals surface area contributed by atoms with Crippen LogP contribution in [0.3, 0.4) is 0 Å². The fourth-order valence-electron chi connectivity index (χ4n) is 3.58. The van der Waals surface area contributed by atoms with Crippen LogP contribution >= 0.6 is 0 Å². The first-order valence-electron chi connectivity index (χ1n) is 6.59. The molecule has 0 radical (unpaired) electrons. The Morgan fingerprint density at radius 3 is 2.74 bits per heavy atom. The second-order valence-corrected chi connectivity index (χ2v) is 6.05. The fraction of sp³-hybridized carbons (Fsp3) is 0.600. The van der Waals surface area contributed by atoms with Crippen LogP contribution in [0.4, 0.5) is 0 Å². The highest BCUT2D eigenvalue weighted by atomic mass is 16.4. The van der Waals surface area contributed by atoms with Crippen molar-refractivity contribution in [2.24, 2.45) is 17.3 Å². The number of allylic oxidation sites excluding steroid dienone is 1. The second kappa shape index (κ2) is 4.60. The smallest absolute Gasteiger partial charge is 0.331 e. The first-order valence-corrected chi connectivity index (χ1v) is 6.59. The van der Waals surface area contributed by atoms with Gasteiger partial charge in [0.25, 0.3) is 0 Å². The van der Waals surface area contributed by atoms with E-state index in [2.05, 4.69) is 6.58 Å². The molecule has 0 amide bonds. The molecule has 0 aromatic rings. The lowest BCUT2D eigenvalue weighted by atomic mass is 9.56. The molecule has 1 saturated carbocycles. The quantitative estimate of drug-likeness (QED) is 0.747. The van der Waals surface area contributed by atoms with Crippen LogP contribution in [0.2, 0.25) is 0 Å². The zero-order valence-corrected chi connectivity index (χ0v) is 11.3. The molecule has 0 heterocycles. The summed E-state index contributed by atoms with van der Waals surface area (Å²) in [6.07, 6.45) is 2.49. The van der Waals surface area contributed by atoms with Crippen molar-refractivity contribution in [1.82, 2.24) is 0 Å². The molecule has 104 valence electrons. The number of hydrogen-bond donors (Lipinski definition) is 2. The number of carbonyl (C=O) groups is 2. The molecule has 4 atom stereocenters. The van der Waals surface area contributed by atoms with Gasteiger partial charge in [-0.25, -0.2) is 4.79 Å². The minimum Gasteiger partial charge on any atom is -0.478 e. The van der Waals surface area contributed by atoms with Crippen molar-refractivity contribution in [2.75, 3.05) is 0 Å². The Labute approximate surface area is 112 Å². The van der Waals surface area contributed by atoms with Crippen molar-refractivity contribution < 1.29 is 19.8 Å². The van der Waals surface area contributed by atoms with Crippen molar-refractivity contribution in [3.8, 4) is 0 Å². The van der Waals surface area contributed by atoms with Crippen LogP contribution in [-0.4, -0.2) is 28.1 Å². The van der Waals surface area contributed by atoms with Crippen molar-refractivity contribution in [2.45, 2.75) is 39.2 Å². The summed E-state index contributed by atoms with van der Waals surface area (Å²) in [5.74, 6) is -1.20. The molecule has 4 heteroatoms. The number of aliphatic hydroxyl groups is 1. The Bertz CT molecular complexity index is 477. The van der Waals surface area contributed by atoms with Gasteiger partial charge in [0.15, 0.2) is 5.78 Å². The summed E-state index contributed by atoms with van der Waals surface area (Å²) in [4.78, 5) is 22.8. The normalized spacial score (nSPS) is 38.4. The zero-order chi connectivity index (χ0) is 14.4. The zero-order valence-electron chi connectivity index (χ0n) is 11.3. The third-order valence-corrected chi connectivity index (χ3v) is 4.93. The number of ketones is 1. The number of aliphatic hydroxyl groups excluding tert-OH is 1. The first-order chi connectivity index (χ1) is 8.77. The van der Waals surface area contributed by atoms with Crippen LogP contribution in [0.1, 0.15) is 33.1 Å². The number of carbonyl (C=O) groups excluding carboxylic acids is 1. The van der Waals surface area contributed by atoms with E-state index in [0.717, 1.165) is 5.57 Å². The number of aliphatic carboxylic acids is 1. The lowest BCUT2D eigenvalue weighted by molar-refractivity contribution is -0.137. The van der Waals surface area contributed by atoms with Crippen LogP contribution in [-0.2, 0) is 9.59 Å². The van der Waals surface area contributed by atoms with E-state index in [1.54, 1.807) is 0 Å². The number of rotatable bonds is 2. The van der Waals surface area contributed by atoms with Gasteiger partial charge in [0.05, 0.1) is 0 Å². The highest BCUT2D eigenvalue weighted by molar-refractivity contribution is 5.96. The molecule has 0 bridgehead atoms. The standard InChI is InChI=1S/C15H20O4/c1-8-6-12(16)13(17)15(3)5-4-10(7-11(8)15)9(2)14(18)19/h6,10-11,13,17H,2,4-5,7H2,1,3H3,(H,18,19)/t10-,11+,13+,15-/m1/s1. The van der Waals surface area contributed by atoms with Crippen LogP contribution in [0.25, 0.3) is 0 Å². The molecule has 2 aliphatic rings. The Morgan fingerprint density at radius 2 is 2.16 bits per heavy atom. The Morgan fingerprint density at radius 1 is 1.53 bits per heavy atom. The third-order valence-electron chi connectivity index (χ3n) is 4.93. The average Bonchev–Trinajstić information content (AvgIpc) is 2.35. The van der Waals surface area contributed by atoms with E-state index in [1.165, 1.54) is 6.08 Å². The van der Waals surface area contributed by atoms with Gasteiger partial charge < -0.3 is 10.2 Å². The Balaban J connectivity index is 2.29. The van der Waals surface area contributed by atoms with Crippen LogP contribution in [0.5, 0.6) is 0 Å². The lowest BCUT2D eigenvalue weighted by Crippen LogP contribution is -2.50. The van der Waals surface area contributed by atoms with Crippen LogP contribution in [0.15, 0.2) is 23.8 Å². The van der Waals surface area contributed by atoms with Crippen LogP contribution < -0.4 is 0 Å². The van der Waals surface area contributed by atoms with Gasteiger partial charge in [-0.3, -0.25) is 4.79 Å². The molecule has 1 fully saturated rings. The topological polar surface area (TPSA) is 74.6 Å². The molecule has 2 rings (SSSR count). The summed E-state index contributed by atoms with van der Waals surface area (Å²) in [5, 5.41) is 19.2. The summed E-state index contributed by atoms with van der Waals surface area (Å²) in [7, 11) is 0. The van der Waals surface area contributed by atoms with Gasteiger partial charge in [-0.05, 0) is 44.1 Å². The van der Waals surface area contributed by atoms with E-state index < -0.39 is 17.5 Å². The van der Waals surface area contributed by atoms with Gasteiger partial charge >= 0.3 is 5.97 Å². The predicted octanol–water partition coefficient (Wildman–Crippen LogP) is 1.94. The van der Waals surface area contributed by atoms with Crippen molar-refractivity contribution in [3.05, 3.63) is 23.8 Å². The molecular weight excluding hydrogens is 244 g/mol. The summed E-state index contributed by atoms with van der Waals surface area (Å²) in [6.45, 7) is 7.46. The van der Waals surface area contributed by atoms with Gasteiger partial charge in [-0.2, -0.15) is 0 Å². The fourth-order valence-corrected chi connectivity index (χ4v) is 3.58. The largest absolute Gasteiger partial charge is 0.478 e. The van der Waals surface area contributed by atoms with E-state index in [9.17, 15) is 14.7 Å². The molecule has 19 heavy (non-hydrogen) atoms. The van der Waals surface area contributed by atoms with E-state index >= 15 is 0 Å². The minimum absolute atomic E-state index is 0.0510. The SMILES string of the molecule is C=C(C(=O)O)[C@@H]1CC[C@@]2(C)[C@@H](O)C(=O)C=C(C)[C@@H]2C1. The molecule has 0 spiro atoms. The summed E-state index contributed by atoms with van der Waals surface area (Å²) >= 11 is 0. The number of hydrogen-bond acceptors (Lipinski definition) is 3. The molecule has 2 aliphatic carbocycles. The summed E-state index contributed by atoms with van der Waals surface area (Å²) in [6, 6.07) is 0. The van der Waals surface area contributed by atoms with Gasteiger partial charge in [-0.1, -0.05) is 19.1 Å². The number of fused-ring (bicyclic) bond motifs is 1. The molecule has 0 aliphatic heterocycles. The van der Waals surface area contributed by atoms with Gasteiger partial charge in [0, 0.05) is 11.0 Å². The first kappa shape index (κ1) is 14.0. The third kappa shape index (κ3) is 2.14. The summed E-state index contributed by atoms with van der Waals surface area (Å²) in [5.41, 5.74) is 0.715. The van der Waals surface area contributed by atoms with E-state index in [4.69, 9.17) is 5.11 Å². The van der Waals surface area contributed by atoms with Gasteiger partial charge in [0.2, 0.25) is 0 Å². The maximum Gasteiger partial charge on any atom is 0.331 e. The maximum absolute atomic E-state index is 11.8. The van der Waals surface area contributed by atoms with Crippen molar-refractivity contribution in [3.63, 3.8) is 0 Å². The highest BCUT2D eigenvalue weighted by Gasteiger charge is 2.50. The molecule has 0 aromatic carbocycles. The molecule has 0 saturated heterocycles. The summed E-state index contributed by atoms with van der Waals surface area (Å²) < 4.78 is 0. The van der Waals surface area contributed by atoms with E-state index in [0.29, 0.717) is 19.3 Å². The molecule has 4 nitrogen and oxygen atoms in total. The van der Waals surface area contributed by atoms with Crippen LogP contribution in [0, 0.1) is 17.3 Å². The van der Waals surface area contributed by atoms with E-state index in [-0.39, 0.29) is 23.2 Å². The van der Waals surface area contributed by atoms with Gasteiger partial charge in [-0.15, -0.1) is 0 Å². The van der Waals surface area contributed by atoms with Crippen molar-refractivity contribution >= 4 is 11.8 Å². The molecular formula is C15H20O4. The highest BCUT2D eigenvalue weighted by Crippen LogP contribution is 2.52. The molecule has 0 unspecified atom stereocenters. The predicted molar refractivity (Wildman–Crippen MR) is 70.5 cm³/mol. The van der Waals surface area contributed by atoms with Gasteiger partial charge in [0.1, 0.15) is 6.10 Å². The Hall–Kier alpha value is -1.42. The maximum atomic E-state index is 11.8. The van der Waals surface area contributed by atoms with E-state index in [1.807, 2.05) is 13.8 Å². The molecule has 2 N–H and O–H groups in total. The number of carboxylic acids is 1. The monoisotopic (exact) mass is 264 g/mol. The second-order valence-electron chi connectivity index (χ2n) is 6.05. The average molecular weight is 264 g/mol. The minimum atomic E-state index is -0.972. The number of carboxylic acid groups (broad SMARTS) is 1. The molecule has 0 aromatic heterocycles. The lowest BCUT2D eigenvalue weighted by Gasteiger charge is -2.49. The Kier molecular flexibility index (Phi) is 3.39. The van der Waals surface area contributed by atoms with Crippen molar-refractivity contribution in [1.29, 1.82) is 0 Å².